The topological polar surface area (TPSA) is 73.5 Å². The largest absolute Gasteiger partial charge is 0.327 e. The normalized spacial score (nSPS) is 15.0. The van der Waals surface area contributed by atoms with Crippen molar-refractivity contribution in [2.45, 2.75) is 6.42 Å². The first kappa shape index (κ1) is 16.6. The summed E-state index contributed by atoms with van der Waals surface area (Å²) in [6.07, 6.45) is 2.74. The number of nitrogens with one attached hydrogen (secondary N) is 3. The van der Waals surface area contributed by atoms with Crippen molar-refractivity contribution in [3.8, 4) is 0 Å². The van der Waals surface area contributed by atoms with Crippen LogP contribution in [0, 0.1) is 0 Å². The zero-order valence-corrected chi connectivity index (χ0v) is 13.5. The fourth-order valence-corrected chi connectivity index (χ4v) is 2.14. The van der Waals surface area contributed by atoms with E-state index in [0.717, 1.165) is 25.2 Å². The fourth-order valence-electron chi connectivity index (χ4n) is 1.84. The van der Waals surface area contributed by atoms with Crippen LogP contribution in [0.5, 0.6) is 0 Å². The average molecular weight is 343 g/mol. The van der Waals surface area contributed by atoms with Crippen LogP contribution in [-0.2, 0) is 9.59 Å². The number of hydrogen-bond donors (Lipinski definition) is 3. The second kappa shape index (κ2) is 7.49. The van der Waals surface area contributed by atoms with E-state index < -0.39 is 11.8 Å². The summed E-state index contributed by atoms with van der Waals surface area (Å²) in [5.74, 6) is -1.58. The lowest BCUT2D eigenvalue weighted by Gasteiger charge is -2.22. The molecule has 1 heterocycles. The maximum Gasteiger partial charge on any atom is 0.327 e. The Morgan fingerprint density at radius 3 is 2.59 bits per heavy atom. The van der Waals surface area contributed by atoms with Crippen LogP contribution >= 0.6 is 23.2 Å². The number of halogens is 2. The molecule has 0 saturated heterocycles. The van der Waals surface area contributed by atoms with Crippen LogP contribution in [0.1, 0.15) is 6.42 Å². The van der Waals surface area contributed by atoms with E-state index in [1.165, 1.54) is 6.07 Å². The van der Waals surface area contributed by atoms with Crippen LogP contribution in [0.15, 0.2) is 30.0 Å². The SMILES string of the molecule is CN1CC=C(NNC(=O)C(=O)Nc2ccc(Cl)c(Cl)c2)CC1. The minimum absolute atomic E-state index is 0.300. The van der Waals surface area contributed by atoms with Crippen molar-refractivity contribution in [2.24, 2.45) is 0 Å². The van der Waals surface area contributed by atoms with Crippen LogP contribution in [0.25, 0.3) is 0 Å². The van der Waals surface area contributed by atoms with Crippen LogP contribution in [0.4, 0.5) is 5.69 Å². The summed E-state index contributed by atoms with van der Waals surface area (Å²) in [7, 11) is 2.01. The van der Waals surface area contributed by atoms with Crippen LogP contribution in [0.3, 0.4) is 0 Å². The lowest BCUT2D eigenvalue weighted by molar-refractivity contribution is -0.136. The number of nitrogens with zero attached hydrogens (tertiary/aromatic N) is 1. The smallest absolute Gasteiger partial charge is 0.318 e. The van der Waals surface area contributed by atoms with Crippen molar-refractivity contribution in [3.63, 3.8) is 0 Å². The second-order valence-electron chi connectivity index (χ2n) is 4.90. The lowest BCUT2D eigenvalue weighted by atomic mass is 10.2. The molecule has 3 N–H and O–H groups in total. The number of carbonyl (C=O) groups is 2. The van der Waals surface area contributed by atoms with Crippen LogP contribution in [0.2, 0.25) is 10.0 Å². The molecule has 2 rings (SSSR count). The molecule has 1 aromatic carbocycles. The molecule has 1 aromatic rings. The van der Waals surface area contributed by atoms with Gasteiger partial charge in [0.2, 0.25) is 0 Å². The Balaban J connectivity index is 1.84. The molecular formula is C14H16Cl2N4O2. The third-order valence-corrected chi connectivity index (χ3v) is 3.87. The Bertz CT molecular complexity index is 619. The van der Waals surface area contributed by atoms with E-state index in [1.807, 2.05) is 13.1 Å². The molecule has 0 aromatic heterocycles. The highest BCUT2D eigenvalue weighted by Gasteiger charge is 2.15. The Labute approximate surface area is 138 Å². The Kier molecular flexibility index (Phi) is 5.65. The Morgan fingerprint density at radius 2 is 1.95 bits per heavy atom. The van der Waals surface area contributed by atoms with E-state index in [1.54, 1.807) is 12.1 Å². The van der Waals surface area contributed by atoms with E-state index in [0.29, 0.717) is 15.7 Å². The van der Waals surface area contributed by atoms with Gasteiger partial charge >= 0.3 is 11.8 Å². The van der Waals surface area contributed by atoms with E-state index in [-0.39, 0.29) is 0 Å². The number of likely N-dealkylation sites (N-methyl/N-ethyl adjacent to an activating group) is 1. The molecule has 0 unspecified atom stereocenters. The number of anilines is 1. The molecule has 0 saturated carbocycles. The number of benzene rings is 1. The van der Waals surface area contributed by atoms with Gasteiger partial charge in [0.1, 0.15) is 0 Å². The van der Waals surface area contributed by atoms with E-state index >= 15 is 0 Å². The van der Waals surface area contributed by atoms with Gasteiger partial charge in [0.15, 0.2) is 0 Å². The zero-order chi connectivity index (χ0) is 16.1. The molecule has 118 valence electrons. The third-order valence-electron chi connectivity index (χ3n) is 3.13. The van der Waals surface area contributed by atoms with E-state index in [2.05, 4.69) is 21.1 Å². The monoisotopic (exact) mass is 342 g/mol. The van der Waals surface area contributed by atoms with Crippen molar-refractivity contribution in [3.05, 3.63) is 40.0 Å². The van der Waals surface area contributed by atoms with Crippen molar-refractivity contribution in [1.29, 1.82) is 0 Å². The highest BCUT2D eigenvalue weighted by atomic mass is 35.5. The van der Waals surface area contributed by atoms with E-state index in [9.17, 15) is 9.59 Å². The standard InChI is InChI=1S/C14H16Cl2N4O2/c1-20-6-4-9(5-7-20)18-19-14(22)13(21)17-10-2-3-11(15)12(16)8-10/h2-4,8,18H,5-7H2,1H3,(H,17,21)(H,19,22). The lowest BCUT2D eigenvalue weighted by Crippen LogP contribution is -2.44. The molecule has 0 bridgehead atoms. The minimum atomic E-state index is -0.792. The molecule has 8 heteroatoms. The van der Waals surface area contributed by atoms with Gasteiger partial charge in [0.05, 0.1) is 10.0 Å². The maximum absolute atomic E-state index is 11.8. The molecule has 6 nitrogen and oxygen atoms in total. The molecule has 0 radical (unpaired) electrons. The molecule has 0 spiro atoms. The highest BCUT2D eigenvalue weighted by molar-refractivity contribution is 6.42. The summed E-state index contributed by atoms with van der Waals surface area (Å²) >= 11 is 11.6. The first-order valence-corrected chi connectivity index (χ1v) is 7.41. The van der Waals surface area contributed by atoms with Gasteiger partial charge in [0.25, 0.3) is 0 Å². The van der Waals surface area contributed by atoms with Gasteiger partial charge in [-0.05, 0) is 31.3 Å². The zero-order valence-electron chi connectivity index (χ0n) is 12.0. The predicted molar refractivity (Wildman–Crippen MR) is 86.6 cm³/mol. The predicted octanol–water partition coefficient (Wildman–Crippen LogP) is 1.77. The summed E-state index contributed by atoms with van der Waals surface area (Å²) < 4.78 is 0. The van der Waals surface area contributed by atoms with Gasteiger partial charge < -0.3 is 15.6 Å². The van der Waals surface area contributed by atoms with Gasteiger partial charge in [0, 0.05) is 30.9 Å². The van der Waals surface area contributed by atoms with E-state index in [4.69, 9.17) is 23.2 Å². The van der Waals surface area contributed by atoms with Gasteiger partial charge in [-0.3, -0.25) is 15.0 Å². The molecule has 1 aliphatic rings. The third kappa shape index (κ3) is 4.62. The Morgan fingerprint density at radius 1 is 1.18 bits per heavy atom. The van der Waals surface area contributed by atoms with Crippen molar-refractivity contribution >= 4 is 40.7 Å². The van der Waals surface area contributed by atoms with Gasteiger partial charge in [-0.1, -0.05) is 23.2 Å². The van der Waals surface area contributed by atoms with Crippen molar-refractivity contribution < 1.29 is 9.59 Å². The van der Waals surface area contributed by atoms with Crippen molar-refractivity contribution in [2.75, 3.05) is 25.5 Å². The summed E-state index contributed by atoms with van der Waals surface area (Å²) in [6, 6.07) is 4.58. The molecule has 2 amide bonds. The first-order chi connectivity index (χ1) is 10.5. The maximum atomic E-state index is 11.8. The molecular weight excluding hydrogens is 327 g/mol. The summed E-state index contributed by atoms with van der Waals surface area (Å²) in [6.45, 7) is 1.69. The minimum Gasteiger partial charge on any atom is -0.318 e. The number of rotatable bonds is 3. The first-order valence-electron chi connectivity index (χ1n) is 6.65. The Hall–Kier alpha value is -1.76. The highest BCUT2D eigenvalue weighted by Crippen LogP contribution is 2.24. The van der Waals surface area contributed by atoms with Crippen molar-refractivity contribution in [1.82, 2.24) is 15.8 Å². The summed E-state index contributed by atoms with van der Waals surface area (Å²) in [5, 5.41) is 3.12. The molecule has 1 aliphatic heterocycles. The summed E-state index contributed by atoms with van der Waals surface area (Å²) in [4.78, 5) is 25.6. The molecule has 0 fully saturated rings. The number of carbonyl (C=O) groups excluding carboxylic acids is 2. The van der Waals surface area contributed by atoms with Crippen LogP contribution in [-0.4, -0.2) is 36.9 Å². The second-order valence-corrected chi connectivity index (χ2v) is 5.72. The molecule has 22 heavy (non-hydrogen) atoms. The molecule has 0 atom stereocenters. The summed E-state index contributed by atoms with van der Waals surface area (Å²) in [5.41, 5.74) is 6.40. The average Bonchev–Trinajstić information content (AvgIpc) is 2.50. The quantitative estimate of drug-likeness (QED) is 0.578. The number of hydrogen-bond acceptors (Lipinski definition) is 4. The van der Waals surface area contributed by atoms with Crippen LogP contribution < -0.4 is 16.2 Å². The molecule has 0 aliphatic carbocycles. The van der Waals surface area contributed by atoms with Gasteiger partial charge in [-0.25, -0.2) is 0 Å². The fraction of sp³-hybridized carbons (Fsp3) is 0.286. The van der Waals surface area contributed by atoms with Gasteiger partial charge in [-0.2, -0.15) is 0 Å². The number of amides is 2. The number of hydrazine groups is 1. The van der Waals surface area contributed by atoms with Gasteiger partial charge in [-0.15, -0.1) is 0 Å².